The van der Waals surface area contributed by atoms with E-state index in [1.165, 1.54) is 30.1 Å². The highest BCUT2D eigenvalue weighted by atomic mass is 16.3. The minimum absolute atomic E-state index is 0.0146. The average molecular weight is 278 g/mol. The number of aromatic hydroxyl groups is 2. The molecular formula is C14H18N2O4. The van der Waals surface area contributed by atoms with E-state index in [9.17, 15) is 19.8 Å². The van der Waals surface area contributed by atoms with Crippen LogP contribution in [0.3, 0.4) is 0 Å². The van der Waals surface area contributed by atoms with Crippen LogP contribution < -0.4 is 5.32 Å². The highest BCUT2D eigenvalue weighted by molar-refractivity contribution is 6.00. The zero-order chi connectivity index (χ0) is 14.7. The summed E-state index contributed by atoms with van der Waals surface area (Å²) in [5.41, 5.74) is 0.0146. The van der Waals surface area contributed by atoms with Crippen LogP contribution in [-0.4, -0.2) is 46.6 Å². The van der Waals surface area contributed by atoms with E-state index in [2.05, 4.69) is 5.32 Å². The van der Waals surface area contributed by atoms with Gasteiger partial charge in [-0.2, -0.15) is 0 Å². The molecule has 20 heavy (non-hydrogen) atoms. The fourth-order valence-electron chi connectivity index (χ4n) is 2.47. The largest absolute Gasteiger partial charge is 0.504 e. The van der Waals surface area contributed by atoms with Crippen LogP contribution in [0.5, 0.6) is 11.5 Å². The van der Waals surface area contributed by atoms with Gasteiger partial charge in [-0.3, -0.25) is 9.59 Å². The van der Waals surface area contributed by atoms with Gasteiger partial charge in [0.1, 0.15) is 6.04 Å². The lowest BCUT2D eigenvalue weighted by Gasteiger charge is -2.34. The van der Waals surface area contributed by atoms with Gasteiger partial charge in [0.05, 0.1) is 5.56 Å². The Morgan fingerprint density at radius 1 is 1.30 bits per heavy atom. The van der Waals surface area contributed by atoms with Gasteiger partial charge in [-0.1, -0.05) is 6.07 Å². The van der Waals surface area contributed by atoms with E-state index in [1.807, 2.05) is 0 Å². The van der Waals surface area contributed by atoms with Crippen LogP contribution in [0.15, 0.2) is 18.2 Å². The van der Waals surface area contributed by atoms with Crippen LogP contribution in [-0.2, 0) is 4.79 Å². The van der Waals surface area contributed by atoms with E-state index in [-0.39, 0.29) is 17.2 Å². The highest BCUT2D eigenvalue weighted by Gasteiger charge is 2.33. The normalized spacial score (nSPS) is 18.6. The number of carbonyl (C=O) groups is 2. The molecule has 108 valence electrons. The predicted molar refractivity (Wildman–Crippen MR) is 72.5 cm³/mol. The average Bonchev–Trinajstić information content (AvgIpc) is 2.48. The Hall–Kier alpha value is -2.24. The third-order valence-corrected chi connectivity index (χ3v) is 3.56. The van der Waals surface area contributed by atoms with Gasteiger partial charge in [-0.15, -0.1) is 0 Å². The Morgan fingerprint density at radius 3 is 2.75 bits per heavy atom. The van der Waals surface area contributed by atoms with Crippen molar-refractivity contribution in [2.45, 2.75) is 25.3 Å². The summed E-state index contributed by atoms with van der Waals surface area (Å²) < 4.78 is 0. The summed E-state index contributed by atoms with van der Waals surface area (Å²) in [6, 6.07) is 3.70. The molecule has 2 rings (SSSR count). The number of hydrogen-bond acceptors (Lipinski definition) is 4. The van der Waals surface area contributed by atoms with Gasteiger partial charge in [-0.05, 0) is 31.4 Å². The number of likely N-dealkylation sites (N-methyl/N-ethyl adjacent to an activating group) is 1. The molecular weight excluding hydrogens is 260 g/mol. The smallest absolute Gasteiger partial charge is 0.258 e. The van der Waals surface area contributed by atoms with Gasteiger partial charge in [0.2, 0.25) is 5.91 Å². The molecule has 6 nitrogen and oxygen atoms in total. The van der Waals surface area contributed by atoms with Crippen LogP contribution in [0.2, 0.25) is 0 Å². The van der Waals surface area contributed by atoms with E-state index in [0.717, 1.165) is 12.8 Å². The lowest BCUT2D eigenvalue weighted by molar-refractivity contribution is -0.126. The third-order valence-electron chi connectivity index (χ3n) is 3.56. The predicted octanol–water partition coefficient (Wildman–Crippen LogP) is 0.838. The molecule has 0 bridgehead atoms. The molecule has 1 heterocycles. The Bertz CT molecular complexity index is 530. The fourth-order valence-corrected chi connectivity index (χ4v) is 2.47. The van der Waals surface area contributed by atoms with Gasteiger partial charge >= 0.3 is 0 Å². The van der Waals surface area contributed by atoms with Gasteiger partial charge < -0.3 is 20.4 Å². The molecule has 1 aromatic carbocycles. The number of benzene rings is 1. The molecule has 1 atom stereocenters. The fraction of sp³-hybridized carbons (Fsp3) is 0.429. The number of piperidine rings is 1. The molecule has 1 aromatic rings. The third kappa shape index (κ3) is 2.54. The topological polar surface area (TPSA) is 89.9 Å². The number of likely N-dealkylation sites (tertiary alicyclic amines) is 1. The first-order chi connectivity index (χ1) is 9.56. The van der Waals surface area contributed by atoms with Crippen molar-refractivity contribution in [1.82, 2.24) is 10.2 Å². The highest BCUT2D eigenvalue weighted by Crippen LogP contribution is 2.30. The SMILES string of the molecule is CNC(=O)C1CCCCN1C(=O)c1cccc(O)c1O. The Labute approximate surface area is 117 Å². The number of rotatable bonds is 2. The van der Waals surface area contributed by atoms with Crippen molar-refractivity contribution < 1.29 is 19.8 Å². The first-order valence-corrected chi connectivity index (χ1v) is 6.59. The minimum atomic E-state index is -0.525. The first kappa shape index (κ1) is 14.2. The second kappa shape index (κ2) is 5.81. The summed E-state index contributed by atoms with van der Waals surface area (Å²) in [5, 5.41) is 21.8. The Balaban J connectivity index is 2.30. The molecule has 2 amide bonds. The van der Waals surface area contributed by atoms with Crippen LogP contribution in [0.1, 0.15) is 29.6 Å². The number of phenols is 2. The number of phenolic OH excluding ortho intramolecular Hbond substituents is 2. The minimum Gasteiger partial charge on any atom is -0.504 e. The molecule has 6 heteroatoms. The van der Waals surface area contributed by atoms with E-state index in [4.69, 9.17) is 0 Å². The maximum Gasteiger partial charge on any atom is 0.258 e. The second-order valence-electron chi connectivity index (χ2n) is 4.80. The molecule has 1 unspecified atom stereocenters. The maximum absolute atomic E-state index is 12.5. The quantitative estimate of drug-likeness (QED) is 0.699. The van der Waals surface area contributed by atoms with Gasteiger partial charge in [0.25, 0.3) is 5.91 Å². The summed E-state index contributed by atoms with van der Waals surface area (Å²) in [4.78, 5) is 25.8. The van der Waals surface area contributed by atoms with Crippen molar-refractivity contribution >= 4 is 11.8 Å². The Morgan fingerprint density at radius 2 is 2.05 bits per heavy atom. The molecule has 0 aromatic heterocycles. The van der Waals surface area contributed by atoms with E-state index < -0.39 is 17.7 Å². The molecule has 1 aliphatic heterocycles. The van der Waals surface area contributed by atoms with E-state index in [1.54, 1.807) is 0 Å². The maximum atomic E-state index is 12.5. The zero-order valence-corrected chi connectivity index (χ0v) is 11.3. The summed E-state index contributed by atoms with van der Waals surface area (Å²) in [6.45, 7) is 0.464. The van der Waals surface area contributed by atoms with E-state index in [0.29, 0.717) is 13.0 Å². The van der Waals surface area contributed by atoms with Crippen molar-refractivity contribution in [3.8, 4) is 11.5 Å². The molecule has 0 aliphatic carbocycles. The molecule has 0 saturated carbocycles. The molecule has 3 N–H and O–H groups in total. The molecule has 1 fully saturated rings. The van der Waals surface area contributed by atoms with Crippen LogP contribution in [0.25, 0.3) is 0 Å². The van der Waals surface area contributed by atoms with Crippen LogP contribution in [0.4, 0.5) is 0 Å². The van der Waals surface area contributed by atoms with Gasteiger partial charge in [-0.25, -0.2) is 0 Å². The summed E-state index contributed by atoms with van der Waals surface area (Å²) in [7, 11) is 1.53. The zero-order valence-electron chi connectivity index (χ0n) is 11.3. The van der Waals surface area contributed by atoms with E-state index >= 15 is 0 Å². The van der Waals surface area contributed by atoms with Crippen molar-refractivity contribution in [3.05, 3.63) is 23.8 Å². The monoisotopic (exact) mass is 278 g/mol. The number of nitrogens with one attached hydrogen (secondary N) is 1. The Kier molecular flexibility index (Phi) is 4.12. The van der Waals surface area contributed by atoms with Gasteiger partial charge in [0, 0.05) is 13.6 Å². The van der Waals surface area contributed by atoms with Crippen molar-refractivity contribution in [1.29, 1.82) is 0 Å². The molecule has 1 saturated heterocycles. The summed E-state index contributed by atoms with van der Waals surface area (Å²) in [6.07, 6.45) is 2.30. The first-order valence-electron chi connectivity index (χ1n) is 6.59. The van der Waals surface area contributed by atoms with Crippen molar-refractivity contribution in [3.63, 3.8) is 0 Å². The number of hydrogen-bond donors (Lipinski definition) is 3. The van der Waals surface area contributed by atoms with Crippen LogP contribution >= 0.6 is 0 Å². The molecule has 0 radical (unpaired) electrons. The van der Waals surface area contributed by atoms with Crippen LogP contribution in [0, 0.1) is 0 Å². The van der Waals surface area contributed by atoms with Crippen molar-refractivity contribution in [2.75, 3.05) is 13.6 Å². The lowest BCUT2D eigenvalue weighted by atomic mass is 9.99. The number of carbonyl (C=O) groups excluding carboxylic acids is 2. The standard InChI is InChI=1S/C14H18N2O4/c1-15-13(19)10-6-2-3-8-16(10)14(20)9-5-4-7-11(17)12(9)18/h4-5,7,10,17-18H,2-3,6,8H2,1H3,(H,15,19). The summed E-state index contributed by atoms with van der Waals surface area (Å²) >= 11 is 0. The van der Waals surface area contributed by atoms with Crippen molar-refractivity contribution in [2.24, 2.45) is 0 Å². The summed E-state index contributed by atoms with van der Waals surface area (Å²) in [5.74, 6) is -1.44. The number of para-hydroxylation sites is 1. The second-order valence-corrected chi connectivity index (χ2v) is 4.80. The van der Waals surface area contributed by atoms with Gasteiger partial charge in [0.15, 0.2) is 11.5 Å². The molecule has 1 aliphatic rings. The lowest BCUT2D eigenvalue weighted by Crippen LogP contribution is -2.51. The number of amides is 2. The number of nitrogens with zero attached hydrogens (tertiary/aromatic N) is 1. The molecule has 0 spiro atoms.